The zero-order valence-corrected chi connectivity index (χ0v) is 17.1. The largest absolute Gasteiger partial charge is 0.481 e. The molecule has 0 aliphatic rings. The monoisotopic (exact) mass is 449 g/mol. The maximum Gasteiger partial charge on any atom is 0.326 e. The fourth-order valence-electron chi connectivity index (χ4n) is 2.42. The molecule has 0 heterocycles. The SMILES string of the molecule is CC(O)C(NC(=O)C(CC(=O)O)NC(=O)C(N)CO)C(=O)NC(CCCCN)C(=O)O. The minimum atomic E-state index is -1.67. The van der Waals surface area contributed by atoms with Crippen molar-refractivity contribution >= 4 is 29.7 Å². The van der Waals surface area contributed by atoms with Crippen molar-refractivity contribution in [2.24, 2.45) is 11.5 Å². The van der Waals surface area contributed by atoms with Gasteiger partial charge in [0.05, 0.1) is 19.1 Å². The number of carboxylic acid groups (broad SMARTS) is 2. The van der Waals surface area contributed by atoms with Gasteiger partial charge in [0.2, 0.25) is 17.7 Å². The van der Waals surface area contributed by atoms with Crippen LogP contribution in [0.4, 0.5) is 0 Å². The van der Waals surface area contributed by atoms with Crippen molar-refractivity contribution in [1.29, 1.82) is 0 Å². The van der Waals surface area contributed by atoms with Crippen molar-refractivity contribution in [3.05, 3.63) is 0 Å². The molecule has 0 saturated carbocycles. The molecule has 0 radical (unpaired) electrons. The number of rotatable bonds is 15. The molecule has 0 aromatic carbocycles. The molecule has 5 unspecified atom stereocenters. The first-order valence-electron chi connectivity index (χ1n) is 9.54. The van der Waals surface area contributed by atoms with Gasteiger partial charge in [0.25, 0.3) is 0 Å². The van der Waals surface area contributed by atoms with E-state index in [1.807, 2.05) is 5.32 Å². The van der Waals surface area contributed by atoms with Crippen LogP contribution in [-0.4, -0.2) is 93.5 Å². The van der Waals surface area contributed by atoms with Gasteiger partial charge in [-0.15, -0.1) is 0 Å². The van der Waals surface area contributed by atoms with E-state index in [4.69, 9.17) is 21.7 Å². The first kappa shape index (κ1) is 28.2. The predicted molar refractivity (Wildman–Crippen MR) is 105 cm³/mol. The lowest BCUT2D eigenvalue weighted by Gasteiger charge is -2.26. The van der Waals surface area contributed by atoms with Gasteiger partial charge >= 0.3 is 11.9 Å². The van der Waals surface area contributed by atoms with Gasteiger partial charge in [-0.05, 0) is 32.7 Å². The van der Waals surface area contributed by atoms with Crippen LogP contribution in [0.3, 0.4) is 0 Å². The summed E-state index contributed by atoms with van der Waals surface area (Å²) >= 11 is 0. The molecule has 14 heteroatoms. The number of carboxylic acids is 2. The summed E-state index contributed by atoms with van der Waals surface area (Å²) in [5.41, 5.74) is 10.7. The lowest BCUT2D eigenvalue weighted by molar-refractivity contribution is -0.144. The Kier molecular flexibility index (Phi) is 12.9. The van der Waals surface area contributed by atoms with E-state index < -0.39 is 73.0 Å². The molecule has 0 spiro atoms. The van der Waals surface area contributed by atoms with Crippen molar-refractivity contribution in [2.75, 3.05) is 13.2 Å². The van der Waals surface area contributed by atoms with E-state index >= 15 is 0 Å². The summed E-state index contributed by atoms with van der Waals surface area (Å²) in [4.78, 5) is 59.1. The van der Waals surface area contributed by atoms with E-state index in [1.54, 1.807) is 0 Å². The first-order chi connectivity index (χ1) is 14.4. The lowest BCUT2D eigenvalue weighted by Crippen LogP contribution is -2.60. The van der Waals surface area contributed by atoms with Crippen LogP contribution in [-0.2, 0) is 24.0 Å². The van der Waals surface area contributed by atoms with E-state index in [9.17, 15) is 34.2 Å². The molecule has 5 atom stereocenters. The topological polar surface area (TPSA) is 254 Å². The van der Waals surface area contributed by atoms with E-state index in [-0.39, 0.29) is 6.42 Å². The fourth-order valence-corrected chi connectivity index (χ4v) is 2.42. The summed E-state index contributed by atoms with van der Waals surface area (Å²) in [5, 5.41) is 43.3. The van der Waals surface area contributed by atoms with Gasteiger partial charge in [0.1, 0.15) is 24.2 Å². The van der Waals surface area contributed by atoms with E-state index in [0.717, 1.165) is 6.92 Å². The van der Waals surface area contributed by atoms with Crippen LogP contribution in [0.25, 0.3) is 0 Å². The summed E-state index contributed by atoms with van der Waals surface area (Å²) in [6, 6.07) is -6.01. The first-order valence-corrected chi connectivity index (χ1v) is 9.54. The molecule has 0 saturated heterocycles. The third kappa shape index (κ3) is 10.7. The molecule has 31 heavy (non-hydrogen) atoms. The van der Waals surface area contributed by atoms with Crippen LogP contribution in [0.1, 0.15) is 32.6 Å². The number of carbonyl (C=O) groups excluding carboxylic acids is 3. The third-order valence-electron chi connectivity index (χ3n) is 4.17. The fraction of sp³-hybridized carbons (Fsp3) is 0.706. The summed E-state index contributed by atoms with van der Waals surface area (Å²) in [5.74, 6) is -5.93. The third-order valence-corrected chi connectivity index (χ3v) is 4.17. The highest BCUT2D eigenvalue weighted by molar-refractivity contribution is 5.95. The van der Waals surface area contributed by atoms with Crippen LogP contribution in [0.5, 0.6) is 0 Å². The normalized spacial score (nSPS) is 15.6. The van der Waals surface area contributed by atoms with Crippen LogP contribution in [0, 0.1) is 0 Å². The molecular weight excluding hydrogens is 418 g/mol. The highest BCUT2D eigenvalue weighted by atomic mass is 16.4. The quantitative estimate of drug-likeness (QED) is 0.108. The van der Waals surface area contributed by atoms with Gasteiger partial charge < -0.3 is 47.8 Å². The Bertz CT molecular complexity index is 643. The molecular formula is C17H31N5O9. The summed E-state index contributed by atoms with van der Waals surface area (Å²) in [6.45, 7) is 0.733. The van der Waals surface area contributed by atoms with Crippen LogP contribution < -0.4 is 27.4 Å². The molecule has 0 rings (SSSR count). The molecule has 0 aromatic rings. The Hall–Kier alpha value is -2.81. The second-order valence-electron chi connectivity index (χ2n) is 6.86. The summed E-state index contributed by atoms with van der Waals surface area (Å²) < 4.78 is 0. The summed E-state index contributed by atoms with van der Waals surface area (Å²) in [7, 11) is 0. The molecule has 0 aromatic heterocycles. The smallest absolute Gasteiger partial charge is 0.326 e. The van der Waals surface area contributed by atoms with E-state index in [1.165, 1.54) is 0 Å². The number of nitrogens with two attached hydrogens (primary N) is 2. The molecule has 0 aliphatic carbocycles. The van der Waals surface area contributed by atoms with Gasteiger partial charge in [-0.3, -0.25) is 19.2 Å². The zero-order chi connectivity index (χ0) is 24.1. The molecule has 11 N–H and O–H groups in total. The average molecular weight is 449 g/mol. The Morgan fingerprint density at radius 2 is 1.48 bits per heavy atom. The summed E-state index contributed by atoms with van der Waals surface area (Å²) in [6.07, 6.45) is -1.35. The van der Waals surface area contributed by atoms with E-state index in [2.05, 4.69) is 10.6 Å². The minimum absolute atomic E-state index is 0.0650. The number of aliphatic hydroxyl groups excluding tert-OH is 2. The van der Waals surface area contributed by atoms with E-state index in [0.29, 0.717) is 19.4 Å². The number of hydrogen-bond donors (Lipinski definition) is 9. The molecule has 3 amide bonds. The number of nitrogens with one attached hydrogen (secondary N) is 3. The van der Waals surface area contributed by atoms with Crippen LogP contribution in [0.2, 0.25) is 0 Å². The maximum atomic E-state index is 12.5. The molecule has 0 aliphatic heterocycles. The number of unbranched alkanes of at least 4 members (excludes halogenated alkanes) is 1. The number of carbonyl (C=O) groups is 5. The average Bonchev–Trinajstić information content (AvgIpc) is 2.68. The van der Waals surface area contributed by atoms with Gasteiger partial charge in [0.15, 0.2) is 0 Å². The number of aliphatic hydroxyl groups is 2. The van der Waals surface area contributed by atoms with Crippen molar-refractivity contribution in [1.82, 2.24) is 16.0 Å². The molecule has 0 fully saturated rings. The Morgan fingerprint density at radius 3 is 1.94 bits per heavy atom. The minimum Gasteiger partial charge on any atom is -0.481 e. The maximum absolute atomic E-state index is 12.5. The van der Waals surface area contributed by atoms with Crippen molar-refractivity contribution in [3.8, 4) is 0 Å². The van der Waals surface area contributed by atoms with Gasteiger partial charge in [0, 0.05) is 0 Å². The second-order valence-corrected chi connectivity index (χ2v) is 6.86. The number of amides is 3. The highest BCUT2D eigenvalue weighted by Crippen LogP contribution is 2.04. The standard InChI is InChI=1S/C17H31N5O9/c1-8(24)13(16(29)20-10(17(30)31)4-2-3-5-18)22-15(28)11(6-12(25)26)21-14(27)9(19)7-23/h8-11,13,23-24H,2-7,18-19H2,1H3,(H,20,29)(H,21,27)(H,22,28)(H,25,26)(H,30,31). The Labute approximate surface area is 178 Å². The number of aliphatic carboxylic acids is 2. The van der Waals surface area contributed by atoms with Gasteiger partial charge in [-0.1, -0.05) is 0 Å². The zero-order valence-electron chi connectivity index (χ0n) is 17.1. The Morgan fingerprint density at radius 1 is 0.903 bits per heavy atom. The molecule has 14 nitrogen and oxygen atoms in total. The lowest BCUT2D eigenvalue weighted by atomic mass is 10.1. The molecule has 178 valence electrons. The van der Waals surface area contributed by atoms with Gasteiger partial charge in [-0.25, -0.2) is 4.79 Å². The number of hydrogen-bond acceptors (Lipinski definition) is 9. The second kappa shape index (κ2) is 14.2. The van der Waals surface area contributed by atoms with Crippen molar-refractivity contribution < 1.29 is 44.4 Å². The Balaban J connectivity index is 5.33. The highest BCUT2D eigenvalue weighted by Gasteiger charge is 2.33. The van der Waals surface area contributed by atoms with Crippen LogP contribution in [0.15, 0.2) is 0 Å². The van der Waals surface area contributed by atoms with Crippen molar-refractivity contribution in [2.45, 2.75) is 62.9 Å². The van der Waals surface area contributed by atoms with Gasteiger partial charge in [-0.2, -0.15) is 0 Å². The predicted octanol–water partition coefficient (Wildman–Crippen LogP) is -4.17. The van der Waals surface area contributed by atoms with Crippen molar-refractivity contribution in [3.63, 3.8) is 0 Å². The molecule has 0 bridgehead atoms. The van der Waals surface area contributed by atoms with Crippen LogP contribution >= 0.6 is 0 Å².